The minimum absolute atomic E-state index is 0.0196. The van der Waals surface area contributed by atoms with Gasteiger partial charge in [0.15, 0.2) is 11.6 Å². The lowest BCUT2D eigenvalue weighted by atomic mass is 9.97. The van der Waals surface area contributed by atoms with E-state index in [-0.39, 0.29) is 29.8 Å². The van der Waals surface area contributed by atoms with Crippen LogP contribution in [0.2, 0.25) is 0 Å². The van der Waals surface area contributed by atoms with E-state index in [1.807, 2.05) is 6.07 Å². The summed E-state index contributed by atoms with van der Waals surface area (Å²) in [5.41, 5.74) is 7.39. The van der Waals surface area contributed by atoms with Crippen molar-refractivity contribution in [3.63, 3.8) is 0 Å². The molecule has 33 heavy (non-hydrogen) atoms. The maximum Gasteiger partial charge on any atom is 0.253 e. The normalized spacial score (nSPS) is 12.1. The SMILES string of the molecule is CC(NCc1c(Nc2c(N)c(=O)c2=O)cccc1-c1ccc(F)cc1)c1ccc(F)c(F)c1. The fourth-order valence-corrected chi connectivity index (χ4v) is 3.62. The van der Waals surface area contributed by atoms with Crippen LogP contribution in [0.4, 0.5) is 30.2 Å². The van der Waals surface area contributed by atoms with Gasteiger partial charge in [0, 0.05) is 18.3 Å². The molecule has 8 heteroatoms. The van der Waals surface area contributed by atoms with Crippen molar-refractivity contribution in [1.82, 2.24) is 5.32 Å². The van der Waals surface area contributed by atoms with E-state index in [0.29, 0.717) is 16.8 Å². The molecule has 0 aliphatic heterocycles. The lowest BCUT2D eigenvalue weighted by Gasteiger charge is -2.21. The van der Waals surface area contributed by atoms with Gasteiger partial charge in [-0.05, 0) is 59.5 Å². The van der Waals surface area contributed by atoms with Crippen molar-refractivity contribution in [3.05, 3.63) is 110 Å². The topological polar surface area (TPSA) is 84.2 Å². The quantitative estimate of drug-likeness (QED) is 0.359. The second kappa shape index (κ2) is 8.91. The molecule has 0 aliphatic rings. The number of rotatable bonds is 7. The van der Waals surface area contributed by atoms with E-state index in [9.17, 15) is 22.8 Å². The first-order valence-corrected chi connectivity index (χ1v) is 10.2. The Kier molecular flexibility index (Phi) is 6.02. The van der Waals surface area contributed by atoms with E-state index in [4.69, 9.17) is 5.73 Å². The Morgan fingerprint density at radius 3 is 2.30 bits per heavy atom. The molecule has 4 aromatic rings. The molecule has 4 N–H and O–H groups in total. The Morgan fingerprint density at radius 1 is 0.909 bits per heavy atom. The van der Waals surface area contributed by atoms with Crippen molar-refractivity contribution in [2.24, 2.45) is 0 Å². The number of nitrogen functional groups attached to an aromatic ring is 1. The summed E-state index contributed by atoms with van der Waals surface area (Å²) in [6.07, 6.45) is 0. The van der Waals surface area contributed by atoms with Crippen LogP contribution in [-0.4, -0.2) is 0 Å². The summed E-state index contributed by atoms with van der Waals surface area (Å²) in [5.74, 6) is -2.24. The molecule has 4 rings (SSSR count). The molecule has 0 saturated heterocycles. The highest BCUT2D eigenvalue weighted by Gasteiger charge is 2.20. The Labute approximate surface area is 187 Å². The van der Waals surface area contributed by atoms with E-state index in [2.05, 4.69) is 10.6 Å². The Balaban J connectivity index is 1.69. The molecule has 0 spiro atoms. The number of nitrogens with two attached hydrogens (primary N) is 1. The third-order valence-corrected chi connectivity index (χ3v) is 5.57. The summed E-state index contributed by atoms with van der Waals surface area (Å²) in [5, 5.41) is 6.20. The van der Waals surface area contributed by atoms with Crippen LogP contribution in [0.3, 0.4) is 0 Å². The second-order valence-corrected chi connectivity index (χ2v) is 7.69. The van der Waals surface area contributed by atoms with Gasteiger partial charge < -0.3 is 16.4 Å². The smallest absolute Gasteiger partial charge is 0.253 e. The highest BCUT2D eigenvalue weighted by atomic mass is 19.2. The standard InChI is InChI=1S/C25H20F3N3O2/c1-13(15-7-10-19(27)20(28)11-15)30-12-18-17(14-5-8-16(26)9-6-14)3-2-4-21(18)31-23-22(29)24(32)25(23)33/h2-11,13,30-31H,12,29H2,1H3. The van der Waals surface area contributed by atoms with Gasteiger partial charge in [0.1, 0.15) is 17.2 Å². The van der Waals surface area contributed by atoms with E-state index < -0.39 is 22.5 Å². The monoisotopic (exact) mass is 451 g/mol. The zero-order chi connectivity index (χ0) is 23.7. The van der Waals surface area contributed by atoms with Crippen LogP contribution in [-0.2, 0) is 6.54 Å². The second-order valence-electron chi connectivity index (χ2n) is 7.69. The van der Waals surface area contributed by atoms with Crippen molar-refractivity contribution in [2.45, 2.75) is 19.5 Å². The van der Waals surface area contributed by atoms with E-state index >= 15 is 0 Å². The van der Waals surface area contributed by atoms with Crippen LogP contribution < -0.4 is 27.2 Å². The molecule has 4 aromatic carbocycles. The molecule has 0 aromatic heterocycles. The lowest BCUT2D eigenvalue weighted by Crippen LogP contribution is -2.36. The third-order valence-electron chi connectivity index (χ3n) is 5.57. The van der Waals surface area contributed by atoms with Crippen LogP contribution >= 0.6 is 0 Å². The molecule has 0 amide bonds. The molecule has 1 atom stereocenters. The van der Waals surface area contributed by atoms with Crippen LogP contribution in [0.1, 0.15) is 24.1 Å². The van der Waals surface area contributed by atoms with Gasteiger partial charge in [-0.25, -0.2) is 13.2 Å². The fraction of sp³-hybridized carbons (Fsp3) is 0.120. The molecule has 168 valence electrons. The molecule has 0 fully saturated rings. The molecule has 0 radical (unpaired) electrons. The number of hydrogen-bond donors (Lipinski definition) is 3. The number of nitrogens with one attached hydrogen (secondary N) is 2. The predicted molar refractivity (Wildman–Crippen MR) is 122 cm³/mol. The van der Waals surface area contributed by atoms with Gasteiger partial charge in [0.05, 0.1) is 0 Å². The van der Waals surface area contributed by atoms with Crippen molar-refractivity contribution >= 4 is 17.1 Å². The van der Waals surface area contributed by atoms with Gasteiger partial charge in [0.25, 0.3) is 10.9 Å². The summed E-state index contributed by atoms with van der Waals surface area (Å²) in [4.78, 5) is 23.4. The largest absolute Gasteiger partial charge is 0.394 e. The van der Waals surface area contributed by atoms with Crippen LogP contribution in [0, 0.1) is 17.5 Å². The Morgan fingerprint density at radius 2 is 1.64 bits per heavy atom. The number of halogens is 3. The molecule has 1 unspecified atom stereocenters. The maximum atomic E-state index is 13.7. The molecule has 0 bridgehead atoms. The predicted octanol–water partition coefficient (Wildman–Crippen LogP) is 4.54. The van der Waals surface area contributed by atoms with Crippen molar-refractivity contribution < 1.29 is 13.2 Å². The third kappa shape index (κ3) is 4.38. The Bertz CT molecular complexity index is 1390. The van der Waals surface area contributed by atoms with Crippen molar-refractivity contribution in [2.75, 3.05) is 11.1 Å². The van der Waals surface area contributed by atoms with Gasteiger partial charge in [0.2, 0.25) is 0 Å². The molecule has 5 nitrogen and oxygen atoms in total. The molecule has 0 saturated carbocycles. The van der Waals surface area contributed by atoms with Gasteiger partial charge >= 0.3 is 0 Å². The zero-order valence-corrected chi connectivity index (χ0v) is 17.6. The minimum Gasteiger partial charge on any atom is -0.394 e. The van der Waals surface area contributed by atoms with Gasteiger partial charge in [-0.15, -0.1) is 0 Å². The van der Waals surface area contributed by atoms with Gasteiger partial charge in [-0.3, -0.25) is 9.59 Å². The fourth-order valence-electron chi connectivity index (χ4n) is 3.62. The first kappa shape index (κ1) is 22.3. The zero-order valence-electron chi connectivity index (χ0n) is 17.6. The first-order valence-electron chi connectivity index (χ1n) is 10.2. The summed E-state index contributed by atoms with van der Waals surface area (Å²) < 4.78 is 40.4. The molecular weight excluding hydrogens is 431 g/mol. The minimum atomic E-state index is -0.939. The number of benzene rings is 3. The number of anilines is 3. The maximum absolute atomic E-state index is 13.7. The van der Waals surface area contributed by atoms with Crippen LogP contribution in [0.25, 0.3) is 11.1 Å². The average molecular weight is 451 g/mol. The highest BCUT2D eigenvalue weighted by Crippen LogP contribution is 2.32. The van der Waals surface area contributed by atoms with Crippen molar-refractivity contribution in [1.29, 1.82) is 0 Å². The average Bonchev–Trinajstić information content (AvgIpc) is 2.82. The molecule has 0 aliphatic carbocycles. The molecular formula is C25H20F3N3O2. The first-order chi connectivity index (χ1) is 15.8. The Hall–Kier alpha value is -3.91. The van der Waals surface area contributed by atoms with Crippen LogP contribution in [0.15, 0.2) is 70.3 Å². The van der Waals surface area contributed by atoms with E-state index in [1.54, 1.807) is 31.2 Å². The van der Waals surface area contributed by atoms with E-state index in [1.165, 1.54) is 18.2 Å². The van der Waals surface area contributed by atoms with Gasteiger partial charge in [-0.1, -0.05) is 30.3 Å². The van der Waals surface area contributed by atoms with E-state index in [0.717, 1.165) is 23.3 Å². The summed E-state index contributed by atoms with van der Waals surface area (Å²) in [7, 11) is 0. The van der Waals surface area contributed by atoms with Crippen LogP contribution in [0.5, 0.6) is 0 Å². The summed E-state index contributed by atoms with van der Waals surface area (Å²) >= 11 is 0. The summed E-state index contributed by atoms with van der Waals surface area (Å²) in [6, 6.07) is 14.6. The summed E-state index contributed by atoms with van der Waals surface area (Å²) in [6.45, 7) is 2.06. The van der Waals surface area contributed by atoms with Crippen molar-refractivity contribution in [3.8, 4) is 11.1 Å². The highest BCUT2D eigenvalue weighted by molar-refractivity contribution is 5.81. The molecule has 0 heterocycles. The van der Waals surface area contributed by atoms with Gasteiger partial charge in [-0.2, -0.15) is 0 Å². The lowest BCUT2D eigenvalue weighted by molar-refractivity contribution is 0.500. The number of hydrogen-bond acceptors (Lipinski definition) is 5.